The van der Waals surface area contributed by atoms with Gasteiger partial charge in [0, 0.05) is 48.2 Å². The van der Waals surface area contributed by atoms with Crippen LogP contribution in [0.25, 0.3) is 98.0 Å². The third kappa shape index (κ3) is 5.78. The molecule has 0 radical (unpaired) electrons. The Hall–Kier alpha value is -7.73. The van der Waals surface area contributed by atoms with Crippen molar-refractivity contribution in [1.82, 2.24) is 4.98 Å². The quantitative estimate of drug-likeness (QED) is 0.161. The molecule has 0 aliphatic heterocycles. The van der Waals surface area contributed by atoms with Crippen molar-refractivity contribution in [3.05, 3.63) is 206 Å². The first-order chi connectivity index (χ1) is 29.7. The molecule has 0 amide bonds. The van der Waals surface area contributed by atoms with Gasteiger partial charge < -0.3 is 13.7 Å². The van der Waals surface area contributed by atoms with E-state index < -0.39 is 0 Å². The molecule has 0 atom stereocenters. The summed E-state index contributed by atoms with van der Waals surface area (Å²) in [5.41, 5.74) is 14.3. The second-order valence-electron chi connectivity index (χ2n) is 15.1. The Labute approximate surface area is 349 Å². The van der Waals surface area contributed by atoms with E-state index in [1.165, 1.54) is 42.4 Å². The number of rotatable bonds is 7. The normalized spacial score (nSPS) is 11.7. The molecule has 0 spiro atoms. The predicted molar refractivity (Wildman–Crippen MR) is 251 cm³/mol. The molecule has 12 aromatic rings. The van der Waals surface area contributed by atoms with Crippen LogP contribution in [0.5, 0.6) is 0 Å². The Morgan fingerprint density at radius 2 is 0.950 bits per heavy atom. The molecule has 3 heterocycles. The van der Waals surface area contributed by atoms with Gasteiger partial charge in [-0.25, -0.2) is 4.98 Å². The largest absolute Gasteiger partial charge is 0.456 e. The molecule has 0 fully saturated rings. The molecule has 0 unspecified atom stereocenters. The number of hydrogen-bond donors (Lipinski definition) is 0. The molecule has 0 aliphatic carbocycles. The summed E-state index contributed by atoms with van der Waals surface area (Å²) in [6.07, 6.45) is 0. The lowest BCUT2D eigenvalue weighted by Crippen LogP contribution is -2.09. The van der Waals surface area contributed by atoms with E-state index in [4.69, 9.17) is 13.8 Å². The van der Waals surface area contributed by atoms with Gasteiger partial charge in [0.15, 0.2) is 5.58 Å². The zero-order valence-electron chi connectivity index (χ0n) is 32.2. The molecule has 3 aromatic heterocycles. The number of hydrogen-bond acceptors (Lipinski definition) is 5. The Balaban J connectivity index is 0.930. The maximum atomic E-state index is 6.43. The first-order valence-corrected chi connectivity index (χ1v) is 20.9. The van der Waals surface area contributed by atoms with Gasteiger partial charge in [-0.3, -0.25) is 0 Å². The summed E-state index contributed by atoms with van der Waals surface area (Å²) >= 11 is 1.85. The number of oxazole rings is 1. The van der Waals surface area contributed by atoms with Gasteiger partial charge in [-0.15, -0.1) is 11.3 Å². The highest BCUT2D eigenvalue weighted by molar-refractivity contribution is 7.25. The van der Waals surface area contributed by atoms with Crippen LogP contribution in [0, 0.1) is 0 Å². The van der Waals surface area contributed by atoms with Crippen LogP contribution in [0.2, 0.25) is 0 Å². The van der Waals surface area contributed by atoms with Crippen LogP contribution in [0.3, 0.4) is 0 Å². The van der Waals surface area contributed by atoms with Crippen molar-refractivity contribution in [3.63, 3.8) is 0 Å². The van der Waals surface area contributed by atoms with Gasteiger partial charge in [-0.05, 0) is 118 Å². The highest BCUT2D eigenvalue weighted by Crippen LogP contribution is 2.43. The molecule has 60 heavy (non-hydrogen) atoms. The van der Waals surface area contributed by atoms with Gasteiger partial charge in [0.05, 0.1) is 5.39 Å². The van der Waals surface area contributed by atoms with Crippen molar-refractivity contribution in [2.24, 2.45) is 0 Å². The fourth-order valence-electron chi connectivity index (χ4n) is 8.62. The van der Waals surface area contributed by atoms with Gasteiger partial charge in [-0.2, -0.15) is 0 Å². The molecule has 0 bridgehead atoms. The van der Waals surface area contributed by atoms with Gasteiger partial charge in [0.2, 0.25) is 5.89 Å². The number of furan rings is 1. The molecule has 282 valence electrons. The molecule has 0 saturated heterocycles. The van der Waals surface area contributed by atoms with Crippen LogP contribution in [0.1, 0.15) is 0 Å². The summed E-state index contributed by atoms with van der Waals surface area (Å²) in [6.45, 7) is 0. The van der Waals surface area contributed by atoms with Crippen molar-refractivity contribution in [2.75, 3.05) is 4.90 Å². The SMILES string of the molecule is c1ccc(-c2ccc(N(c3ccc(-c4ccc5oc6ccc7nc(-c8ccccc8)oc7c6c5c4)cc3)c3ccc(-c4cccc5sc6ccccc6c45)cc3)cc2)cc1. The van der Waals surface area contributed by atoms with E-state index in [0.29, 0.717) is 5.89 Å². The van der Waals surface area contributed by atoms with Crippen LogP contribution in [-0.2, 0) is 0 Å². The van der Waals surface area contributed by atoms with Gasteiger partial charge in [0.1, 0.15) is 16.7 Å². The van der Waals surface area contributed by atoms with Crippen LogP contribution in [-0.4, -0.2) is 4.98 Å². The molecule has 12 rings (SSSR count). The minimum atomic E-state index is 0.599. The van der Waals surface area contributed by atoms with Crippen LogP contribution >= 0.6 is 11.3 Å². The summed E-state index contributed by atoms with van der Waals surface area (Å²) in [4.78, 5) is 7.16. The summed E-state index contributed by atoms with van der Waals surface area (Å²) in [5, 5.41) is 4.56. The number of aromatic nitrogens is 1. The Bertz CT molecular complexity index is 3510. The van der Waals surface area contributed by atoms with E-state index in [0.717, 1.165) is 66.8 Å². The van der Waals surface area contributed by atoms with Crippen LogP contribution in [0.4, 0.5) is 17.1 Å². The lowest BCUT2D eigenvalue weighted by molar-refractivity contribution is 0.622. The van der Waals surface area contributed by atoms with Gasteiger partial charge in [0.25, 0.3) is 0 Å². The topological polar surface area (TPSA) is 42.4 Å². The van der Waals surface area contributed by atoms with E-state index >= 15 is 0 Å². The van der Waals surface area contributed by atoms with Crippen molar-refractivity contribution in [2.45, 2.75) is 0 Å². The second-order valence-corrected chi connectivity index (χ2v) is 16.2. The van der Waals surface area contributed by atoms with E-state index in [9.17, 15) is 0 Å². The maximum Gasteiger partial charge on any atom is 0.227 e. The zero-order chi connectivity index (χ0) is 39.6. The number of benzene rings is 9. The third-order valence-corrected chi connectivity index (χ3v) is 12.7. The van der Waals surface area contributed by atoms with Crippen molar-refractivity contribution in [3.8, 4) is 44.8 Å². The number of anilines is 3. The molecule has 0 N–H and O–H groups in total. The zero-order valence-corrected chi connectivity index (χ0v) is 33.1. The van der Waals surface area contributed by atoms with E-state index in [-0.39, 0.29) is 0 Å². The van der Waals surface area contributed by atoms with Gasteiger partial charge >= 0.3 is 0 Å². The van der Waals surface area contributed by atoms with E-state index in [1.807, 2.05) is 53.8 Å². The smallest absolute Gasteiger partial charge is 0.227 e. The number of thiophene rings is 1. The second kappa shape index (κ2) is 14.0. The standard InChI is InChI=1S/C55H34N2O2S/c1-3-10-35(11-4-1)36-18-25-41(26-19-36)57(43-29-22-38(23-30-43)44-15-9-17-51-52(44)45-14-7-8-16-50(45)60-51)42-27-20-37(21-28-42)40-24-32-48-46(34-40)53-49(58-48)33-31-47-54(53)59-55(56-47)39-12-5-2-6-13-39/h1-34H. The highest BCUT2D eigenvalue weighted by Gasteiger charge is 2.19. The van der Waals surface area contributed by atoms with Crippen molar-refractivity contribution < 1.29 is 8.83 Å². The minimum absolute atomic E-state index is 0.599. The maximum absolute atomic E-state index is 6.43. The number of fused-ring (bicyclic) bond motifs is 8. The molecule has 4 nitrogen and oxygen atoms in total. The Morgan fingerprint density at radius 1 is 0.383 bits per heavy atom. The highest BCUT2D eigenvalue weighted by atomic mass is 32.1. The first-order valence-electron chi connectivity index (χ1n) is 20.1. The first kappa shape index (κ1) is 34.3. The summed E-state index contributed by atoms with van der Waals surface area (Å²) in [5.74, 6) is 0.599. The Kier molecular flexibility index (Phi) is 8.00. The molecule has 5 heteroatoms. The summed E-state index contributed by atoms with van der Waals surface area (Å²) in [6, 6.07) is 73.0. The summed E-state index contributed by atoms with van der Waals surface area (Å²) in [7, 11) is 0. The monoisotopic (exact) mass is 786 g/mol. The average Bonchev–Trinajstić information content (AvgIpc) is 4.04. The van der Waals surface area contributed by atoms with Crippen molar-refractivity contribution >= 4 is 81.6 Å². The predicted octanol–water partition coefficient (Wildman–Crippen LogP) is 16.2. The molecule has 0 saturated carbocycles. The van der Waals surface area contributed by atoms with E-state index in [1.54, 1.807) is 0 Å². The van der Waals surface area contributed by atoms with Crippen LogP contribution < -0.4 is 4.90 Å². The Morgan fingerprint density at radius 3 is 1.67 bits per heavy atom. The van der Waals surface area contributed by atoms with Crippen LogP contribution in [0.15, 0.2) is 215 Å². The minimum Gasteiger partial charge on any atom is -0.456 e. The van der Waals surface area contributed by atoms with Crippen molar-refractivity contribution in [1.29, 1.82) is 0 Å². The van der Waals surface area contributed by atoms with E-state index in [2.05, 4.69) is 169 Å². The third-order valence-electron chi connectivity index (χ3n) is 11.5. The lowest BCUT2D eigenvalue weighted by atomic mass is 9.99. The molecule has 0 aliphatic rings. The average molecular weight is 787 g/mol. The number of nitrogens with zero attached hydrogens (tertiary/aromatic N) is 2. The molecule has 9 aromatic carbocycles. The fourth-order valence-corrected chi connectivity index (χ4v) is 9.75. The lowest BCUT2D eigenvalue weighted by Gasteiger charge is -2.26. The summed E-state index contributed by atoms with van der Waals surface area (Å²) < 4.78 is 15.4. The molecular weight excluding hydrogens is 753 g/mol. The molecular formula is C55H34N2O2S. The fraction of sp³-hybridized carbons (Fsp3) is 0. The van der Waals surface area contributed by atoms with Gasteiger partial charge in [-0.1, -0.05) is 121 Å².